The fraction of sp³-hybridized carbons (Fsp3) is 0.318. The lowest BCUT2D eigenvalue weighted by atomic mass is 9.92. The highest BCUT2D eigenvalue weighted by Gasteiger charge is 2.56. The number of hydrogen-bond donors (Lipinski definition) is 2. The van der Waals surface area contributed by atoms with Gasteiger partial charge in [0.25, 0.3) is 11.8 Å². The number of aromatic nitrogens is 4. The number of carbonyl (C=O) groups excluding carboxylic acids is 2. The maximum atomic E-state index is 12.9. The lowest BCUT2D eigenvalue weighted by molar-refractivity contribution is 0.0668. The van der Waals surface area contributed by atoms with Crippen molar-refractivity contribution in [2.24, 2.45) is 5.41 Å². The second-order valence-corrected chi connectivity index (χ2v) is 8.21. The number of piperidine rings is 1. The predicted molar refractivity (Wildman–Crippen MR) is 110 cm³/mol. The first kappa shape index (κ1) is 19.1. The molecule has 1 spiro atoms. The van der Waals surface area contributed by atoms with E-state index in [0.29, 0.717) is 29.9 Å². The molecule has 31 heavy (non-hydrogen) atoms. The number of nitriles is 1. The fourth-order valence-corrected chi connectivity index (χ4v) is 4.38. The zero-order chi connectivity index (χ0) is 21.4. The molecule has 1 saturated carbocycles. The minimum atomic E-state index is -0.185. The van der Waals surface area contributed by atoms with Crippen LogP contribution < -0.4 is 5.32 Å². The Hall–Kier alpha value is -3.93. The highest BCUT2D eigenvalue weighted by molar-refractivity contribution is 5.94. The van der Waals surface area contributed by atoms with Gasteiger partial charge in [-0.25, -0.2) is 0 Å². The fourth-order valence-electron chi connectivity index (χ4n) is 4.38. The number of aromatic amines is 1. The van der Waals surface area contributed by atoms with E-state index in [0.717, 1.165) is 24.9 Å². The molecule has 5 rings (SSSR count). The molecule has 3 aromatic rings. The summed E-state index contributed by atoms with van der Waals surface area (Å²) in [4.78, 5) is 30.0. The van der Waals surface area contributed by atoms with Crippen LogP contribution in [0.15, 0.2) is 49.2 Å². The second kappa shape index (κ2) is 7.40. The minimum Gasteiger partial charge on any atom is -0.356 e. The first-order valence-corrected chi connectivity index (χ1v) is 10.2. The number of nitrogens with one attached hydrogen (secondary N) is 2. The van der Waals surface area contributed by atoms with E-state index in [9.17, 15) is 9.59 Å². The molecule has 1 saturated heterocycles. The summed E-state index contributed by atoms with van der Waals surface area (Å²) in [5.41, 5.74) is 2.49. The Kier molecular flexibility index (Phi) is 4.55. The molecule has 9 heteroatoms. The predicted octanol–water partition coefficient (Wildman–Crippen LogP) is 1.89. The van der Waals surface area contributed by atoms with E-state index in [1.54, 1.807) is 23.3 Å². The Morgan fingerprint density at radius 2 is 1.87 bits per heavy atom. The summed E-state index contributed by atoms with van der Waals surface area (Å²) in [6.07, 6.45) is 7.43. The van der Waals surface area contributed by atoms with Crippen LogP contribution in [0.5, 0.6) is 0 Å². The number of rotatable bonds is 4. The lowest BCUT2D eigenvalue weighted by Gasteiger charge is -2.33. The molecule has 9 nitrogen and oxygen atoms in total. The molecule has 0 bridgehead atoms. The van der Waals surface area contributed by atoms with Gasteiger partial charge in [0.05, 0.1) is 5.56 Å². The summed E-state index contributed by atoms with van der Waals surface area (Å²) in [6.45, 7) is 1.36. The highest BCUT2D eigenvalue weighted by Crippen LogP contribution is 2.54. The van der Waals surface area contributed by atoms with Crippen LogP contribution in [0.2, 0.25) is 0 Å². The van der Waals surface area contributed by atoms with Crippen LogP contribution in [-0.2, 0) is 0 Å². The topological polar surface area (TPSA) is 120 Å². The Labute approximate surface area is 178 Å². The van der Waals surface area contributed by atoms with E-state index in [4.69, 9.17) is 5.26 Å². The van der Waals surface area contributed by atoms with Crippen molar-refractivity contribution in [3.8, 4) is 11.8 Å². The summed E-state index contributed by atoms with van der Waals surface area (Å²) in [5.74, 6) is -0.156. The van der Waals surface area contributed by atoms with Crippen LogP contribution in [0, 0.1) is 16.7 Å². The van der Waals surface area contributed by atoms with Gasteiger partial charge < -0.3 is 15.2 Å². The standard InChI is InChI=1S/C22H21N7O2/c23-11-15-9-18(24-12-15)20(30)27-19-10-22(19)5-7-28(8-6-22)21(31)16-1-3-17(4-2-16)29-13-25-26-14-29/h1-4,9,12-14,19,24H,5-8,10H2,(H,27,30). The third kappa shape index (κ3) is 3.57. The van der Waals surface area contributed by atoms with Crippen molar-refractivity contribution in [3.05, 3.63) is 66.0 Å². The molecule has 2 N–H and O–H groups in total. The molecule has 2 aliphatic rings. The van der Waals surface area contributed by atoms with Crippen molar-refractivity contribution in [3.63, 3.8) is 0 Å². The molecule has 1 unspecified atom stereocenters. The summed E-state index contributed by atoms with van der Waals surface area (Å²) in [6, 6.07) is 11.1. The number of amides is 2. The van der Waals surface area contributed by atoms with Crippen LogP contribution in [0.25, 0.3) is 5.69 Å². The van der Waals surface area contributed by atoms with Crippen molar-refractivity contribution in [1.82, 2.24) is 30.0 Å². The van der Waals surface area contributed by atoms with Gasteiger partial charge in [0, 0.05) is 36.6 Å². The zero-order valence-electron chi connectivity index (χ0n) is 16.8. The van der Waals surface area contributed by atoms with E-state index < -0.39 is 0 Å². The molecule has 0 radical (unpaired) electrons. The van der Waals surface area contributed by atoms with Crippen molar-refractivity contribution in [2.75, 3.05) is 13.1 Å². The van der Waals surface area contributed by atoms with Crippen molar-refractivity contribution < 1.29 is 9.59 Å². The minimum absolute atomic E-state index is 0.0295. The molecular formula is C22H21N7O2. The number of likely N-dealkylation sites (tertiary alicyclic amines) is 1. The van der Waals surface area contributed by atoms with Gasteiger partial charge in [-0.2, -0.15) is 5.26 Å². The van der Waals surface area contributed by atoms with E-state index in [-0.39, 0.29) is 23.3 Å². The van der Waals surface area contributed by atoms with Crippen LogP contribution >= 0.6 is 0 Å². The van der Waals surface area contributed by atoms with Gasteiger partial charge in [-0.05, 0) is 55.0 Å². The average Bonchev–Trinajstić information content (AvgIpc) is 3.22. The molecule has 1 atom stereocenters. The van der Waals surface area contributed by atoms with Crippen LogP contribution in [0.1, 0.15) is 45.7 Å². The first-order valence-electron chi connectivity index (χ1n) is 10.2. The molecule has 1 aliphatic heterocycles. The summed E-state index contributed by atoms with van der Waals surface area (Å²) >= 11 is 0. The molecule has 156 valence electrons. The van der Waals surface area contributed by atoms with Crippen molar-refractivity contribution in [2.45, 2.75) is 25.3 Å². The normalized spacial score (nSPS) is 19.1. The number of carbonyl (C=O) groups is 2. The van der Waals surface area contributed by atoms with Gasteiger partial charge in [-0.15, -0.1) is 10.2 Å². The number of hydrogen-bond acceptors (Lipinski definition) is 5. The Bertz CT molecular complexity index is 1150. The molecule has 2 amide bonds. The van der Waals surface area contributed by atoms with Gasteiger partial charge in [0.1, 0.15) is 24.4 Å². The smallest absolute Gasteiger partial charge is 0.267 e. The number of benzene rings is 1. The summed E-state index contributed by atoms with van der Waals surface area (Å²) in [7, 11) is 0. The van der Waals surface area contributed by atoms with E-state index in [1.807, 2.05) is 35.2 Å². The molecule has 2 fully saturated rings. The molecular weight excluding hydrogens is 394 g/mol. The number of nitrogens with zero attached hydrogens (tertiary/aromatic N) is 5. The average molecular weight is 415 g/mol. The zero-order valence-corrected chi connectivity index (χ0v) is 16.8. The van der Waals surface area contributed by atoms with E-state index >= 15 is 0 Å². The Morgan fingerprint density at radius 3 is 2.52 bits per heavy atom. The van der Waals surface area contributed by atoms with Gasteiger partial charge in [-0.1, -0.05) is 0 Å². The van der Waals surface area contributed by atoms with Crippen LogP contribution in [0.4, 0.5) is 0 Å². The highest BCUT2D eigenvalue weighted by atomic mass is 16.2. The lowest BCUT2D eigenvalue weighted by Crippen LogP contribution is -2.41. The van der Waals surface area contributed by atoms with Gasteiger partial charge in [0.15, 0.2) is 0 Å². The van der Waals surface area contributed by atoms with E-state index in [2.05, 4.69) is 20.5 Å². The SMILES string of the molecule is N#Cc1c[nH]c(C(=O)NC2CC23CCN(C(=O)c2ccc(-n4cnnc4)cc2)CC3)c1. The first-order chi connectivity index (χ1) is 15.1. The second-order valence-electron chi connectivity index (χ2n) is 8.21. The van der Waals surface area contributed by atoms with Gasteiger partial charge in [-0.3, -0.25) is 14.2 Å². The van der Waals surface area contributed by atoms with Gasteiger partial charge >= 0.3 is 0 Å². The maximum absolute atomic E-state index is 12.9. The van der Waals surface area contributed by atoms with Crippen LogP contribution in [-0.4, -0.2) is 55.6 Å². The number of H-pyrrole nitrogens is 1. The maximum Gasteiger partial charge on any atom is 0.267 e. The summed E-state index contributed by atoms with van der Waals surface area (Å²) in [5, 5.41) is 19.5. The van der Waals surface area contributed by atoms with Crippen molar-refractivity contribution in [1.29, 1.82) is 5.26 Å². The monoisotopic (exact) mass is 415 g/mol. The third-order valence-electron chi connectivity index (χ3n) is 6.43. The Balaban J connectivity index is 1.16. The molecule has 3 heterocycles. The van der Waals surface area contributed by atoms with Gasteiger partial charge in [0.2, 0.25) is 0 Å². The largest absolute Gasteiger partial charge is 0.356 e. The molecule has 2 aromatic heterocycles. The van der Waals surface area contributed by atoms with Crippen LogP contribution in [0.3, 0.4) is 0 Å². The third-order valence-corrected chi connectivity index (χ3v) is 6.43. The summed E-state index contributed by atoms with van der Waals surface area (Å²) < 4.78 is 1.79. The van der Waals surface area contributed by atoms with Crippen molar-refractivity contribution >= 4 is 11.8 Å². The molecule has 1 aliphatic carbocycles. The quantitative estimate of drug-likeness (QED) is 0.674. The Morgan fingerprint density at radius 1 is 1.16 bits per heavy atom. The molecule has 1 aromatic carbocycles. The van der Waals surface area contributed by atoms with E-state index in [1.165, 1.54) is 6.20 Å².